The topological polar surface area (TPSA) is 37.4 Å². The van der Waals surface area contributed by atoms with Gasteiger partial charge in [0.15, 0.2) is 11.6 Å². The van der Waals surface area contributed by atoms with Crippen LogP contribution in [0.5, 0.6) is 0 Å². The van der Waals surface area contributed by atoms with Crippen molar-refractivity contribution in [2.24, 2.45) is 0 Å². The summed E-state index contributed by atoms with van der Waals surface area (Å²) in [7, 11) is 1.90. The molecule has 0 amide bonds. The lowest BCUT2D eigenvalue weighted by atomic mass is 9.89. The number of nitrogens with zero attached hydrogens (tertiary/aromatic N) is 1. The van der Waals surface area contributed by atoms with Gasteiger partial charge in [-0.05, 0) is 24.1 Å². The van der Waals surface area contributed by atoms with Gasteiger partial charge in [-0.2, -0.15) is 0 Å². The fraction of sp³-hybridized carbons (Fsp3) is 0.250. The third-order valence-electron chi connectivity index (χ3n) is 3.70. The van der Waals surface area contributed by atoms with Crippen molar-refractivity contribution in [2.75, 3.05) is 11.9 Å². The van der Waals surface area contributed by atoms with Gasteiger partial charge < -0.3 is 4.90 Å². The Morgan fingerprint density at radius 3 is 2.42 bits per heavy atom. The molecular weight excluding hydrogens is 238 g/mol. The first kappa shape index (κ1) is 11.9. The number of para-hydroxylation sites is 1. The molecule has 0 spiro atoms. The molecule has 1 aromatic carbocycles. The Morgan fingerprint density at radius 2 is 1.68 bits per heavy atom. The maximum Gasteiger partial charge on any atom is 0.168 e. The molecule has 0 aromatic heterocycles. The molecule has 0 radical (unpaired) electrons. The van der Waals surface area contributed by atoms with Gasteiger partial charge in [-0.1, -0.05) is 24.3 Å². The van der Waals surface area contributed by atoms with Gasteiger partial charge in [-0.15, -0.1) is 0 Å². The summed E-state index contributed by atoms with van der Waals surface area (Å²) in [5, 5.41) is 0. The van der Waals surface area contributed by atoms with Crippen LogP contribution in [0, 0.1) is 0 Å². The highest BCUT2D eigenvalue weighted by molar-refractivity contribution is 6.23. The minimum Gasteiger partial charge on any atom is -0.343 e. The minimum absolute atomic E-state index is 0.0258. The molecule has 3 heteroatoms. The maximum atomic E-state index is 12.0. The summed E-state index contributed by atoms with van der Waals surface area (Å²) in [6.45, 7) is 0. The number of carbonyl (C=O) groups is 2. The SMILES string of the molecule is CN1C(=C2C(=O)CCCC2=O)C=Cc2ccccc21. The number of carbonyl (C=O) groups excluding carboxylic acids is 2. The van der Waals surface area contributed by atoms with Crippen LogP contribution in [0.15, 0.2) is 41.6 Å². The first-order valence-corrected chi connectivity index (χ1v) is 6.50. The lowest BCUT2D eigenvalue weighted by Crippen LogP contribution is -2.28. The van der Waals surface area contributed by atoms with Gasteiger partial charge >= 0.3 is 0 Å². The second-order valence-electron chi connectivity index (χ2n) is 4.91. The molecule has 1 heterocycles. The van der Waals surface area contributed by atoms with Crippen LogP contribution in [0.25, 0.3) is 6.08 Å². The second kappa shape index (κ2) is 4.50. The Hall–Kier alpha value is -2.16. The summed E-state index contributed by atoms with van der Waals surface area (Å²) in [5.74, 6) is -0.0516. The number of anilines is 1. The van der Waals surface area contributed by atoms with E-state index in [2.05, 4.69) is 0 Å². The number of benzene rings is 1. The van der Waals surface area contributed by atoms with Crippen LogP contribution >= 0.6 is 0 Å². The number of fused-ring (bicyclic) bond motifs is 1. The fourth-order valence-corrected chi connectivity index (χ4v) is 2.70. The van der Waals surface area contributed by atoms with E-state index in [4.69, 9.17) is 0 Å². The van der Waals surface area contributed by atoms with Gasteiger partial charge in [-0.25, -0.2) is 0 Å². The summed E-state index contributed by atoms with van der Waals surface area (Å²) in [5.41, 5.74) is 3.23. The van der Waals surface area contributed by atoms with E-state index in [0.29, 0.717) is 24.8 Å². The van der Waals surface area contributed by atoms with Crippen molar-refractivity contribution >= 4 is 23.3 Å². The Balaban J connectivity index is 2.13. The molecule has 2 aliphatic rings. The molecule has 1 saturated carbocycles. The van der Waals surface area contributed by atoms with E-state index in [9.17, 15) is 9.59 Å². The van der Waals surface area contributed by atoms with Gasteiger partial charge in [-0.3, -0.25) is 9.59 Å². The molecule has 0 unspecified atom stereocenters. The zero-order valence-corrected chi connectivity index (χ0v) is 10.8. The van der Waals surface area contributed by atoms with Crippen LogP contribution in [0.1, 0.15) is 24.8 Å². The molecule has 1 aliphatic heterocycles. The van der Waals surface area contributed by atoms with Gasteiger partial charge in [0.2, 0.25) is 0 Å². The van der Waals surface area contributed by atoms with Crippen LogP contribution in [0.3, 0.4) is 0 Å². The van der Waals surface area contributed by atoms with Crippen LogP contribution in [0.4, 0.5) is 5.69 Å². The second-order valence-corrected chi connectivity index (χ2v) is 4.91. The van der Waals surface area contributed by atoms with E-state index in [1.807, 2.05) is 48.4 Å². The zero-order valence-electron chi connectivity index (χ0n) is 10.8. The third-order valence-corrected chi connectivity index (χ3v) is 3.70. The number of hydrogen-bond acceptors (Lipinski definition) is 3. The number of ketones is 2. The van der Waals surface area contributed by atoms with E-state index in [-0.39, 0.29) is 11.6 Å². The van der Waals surface area contributed by atoms with E-state index >= 15 is 0 Å². The summed E-state index contributed by atoms with van der Waals surface area (Å²) in [6, 6.07) is 7.96. The van der Waals surface area contributed by atoms with Gasteiger partial charge in [0, 0.05) is 25.6 Å². The summed E-state index contributed by atoms with van der Waals surface area (Å²) in [4.78, 5) is 26.0. The highest BCUT2D eigenvalue weighted by Gasteiger charge is 2.29. The van der Waals surface area contributed by atoms with Crippen molar-refractivity contribution < 1.29 is 9.59 Å². The van der Waals surface area contributed by atoms with Gasteiger partial charge in [0.25, 0.3) is 0 Å². The Bertz CT molecular complexity index is 607. The predicted molar refractivity (Wildman–Crippen MR) is 74.8 cm³/mol. The zero-order chi connectivity index (χ0) is 13.4. The fourth-order valence-electron chi connectivity index (χ4n) is 2.70. The van der Waals surface area contributed by atoms with E-state index in [0.717, 1.165) is 16.9 Å². The highest BCUT2D eigenvalue weighted by atomic mass is 16.1. The first-order valence-electron chi connectivity index (χ1n) is 6.50. The van der Waals surface area contributed by atoms with Crippen LogP contribution in [0.2, 0.25) is 0 Å². The Kier molecular flexibility index (Phi) is 2.82. The summed E-state index contributed by atoms with van der Waals surface area (Å²) >= 11 is 0. The molecular formula is C16H15NO2. The monoisotopic (exact) mass is 253 g/mol. The Labute approximate surface area is 112 Å². The molecule has 1 aliphatic carbocycles. The van der Waals surface area contributed by atoms with Crippen LogP contribution < -0.4 is 4.90 Å². The van der Waals surface area contributed by atoms with Crippen molar-refractivity contribution in [2.45, 2.75) is 19.3 Å². The number of allylic oxidation sites excluding steroid dienone is 2. The quantitative estimate of drug-likeness (QED) is 0.527. The summed E-state index contributed by atoms with van der Waals surface area (Å²) < 4.78 is 0. The molecule has 1 aromatic rings. The van der Waals surface area contributed by atoms with Crippen molar-refractivity contribution in [1.29, 1.82) is 0 Å². The van der Waals surface area contributed by atoms with Gasteiger partial charge in [0.05, 0.1) is 11.3 Å². The molecule has 3 rings (SSSR count). The number of rotatable bonds is 0. The maximum absolute atomic E-state index is 12.0. The summed E-state index contributed by atoms with van der Waals surface area (Å²) in [6.07, 6.45) is 5.48. The van der Waals surface area contributed by atoms with Crippen molar-refractivity contribution in [3.8, 4) is 0 Å². The van der Waals surface area contributed by atoms with Crippen molar-refractivity contribution in [3.63, 3.8) is 0 Å². The number of likely N-dealkylation sites (N-methyl/N-ethyl adjacent to an activating group) is 1. The highest BCUT2D eigenvalue weighted by Crippen LogP contribution is 2.32. The van der Waals surface area contributed by atoms with E-state index in [1.165, 1.54) is 0 Å². The molecule has 0 saturated heterocycles. The van der Waals surface area contributed by atoms with Crippen molar-refractivity contribution in [1.82, 2.24) is 0 Å². The lowest BCUT2D eigenvalue weighted by Gasteiger charge is -2.29. The standard InChI is InChI=1S/C16H15NO2/c1-17-12-6-3-2-5-11(12)9-10-13(17)16-14(18)7-4-8-15(16)19/h2-3,5-6,9-10H,4,7-8H2,1H3. The molecule has 19 heavy (non-hydrogen) atoms. The number of Topliss-reactive ketones (excluding diaryl/α,β-unsaturated/α-hetero) is 2. The average Bonchev–Trinajstić information content (AvgIpc) is 2.41. The largest absolute Gasteiger partial charge is 0.343 e. The average molecular weight is 253 g/mol. The predicted octanol–water partition coefficient (Wildman–Crippen LogP) is 2.73. The first-order chi connectivity index (χ1) is 9.18. The molecule has 0 bridgehead atoms. The smallest absolute Gasteiger partial charge is 0.168 e. The molecule has 0 atom stereocenters. The molecule has 96 valence electrons. The lowest BCUT2D eigenvalue weighted by molar-refractivity contribution is -0.123. The van der Waals surface area contributed by atoms with Gasteiger partial charge in [0.1, 0.15) is 0 Å². The molecule has 1 fully saturated rings. The Morgan fingerprint density at radius 1 is 1.00 bits per heavy atom. The van der Waals surface area contributed by atoms with Crippen molar-refractivity contribution in [3.05, 3.63) is 47.2 Å². The normalized spacial score (nSPS) is 18.9. The third kappa shape index (κ3) is 1.91. The van der Waals surface area contributed by atoms with E-state index < -0.39 is 0 Å². The minimum atomic E-state index is -0.0258. The van der Waals surface area contributed by atoms with Crippen LogP contribution in [-0.2, 0) is 9.59 Å². The molecule has 0 N–H and O–H groups in total. The number of hydrogen-bond donors (Lipinski definition) is 0. The molecule has 3 nitrogen and oxygen atoms in total. The van der Waals surface area contributed by atoms with E-state index in [1.54, 1.807) is 0 Å². The van der Waals surface area contributed by atoms with Crippen LogP contribution in [-0.4, -0.2) is 18.6 Å².